The molecule has 0 aliphatic carbocycles. The van der Waals surface area contributed by atoms with Gasteiger partial charge in [-0.2, -0.15) is 0 Å². The number of rotatable bonds is 11. The maximum atomic E-state index is 11.1. The Morgan fingerprint density at radius 2 is 2.00 bits per heavy atom. The van der Waals surface area contributed by atoms with E-state index in [0.29, 0.717) is 19.6 Å². The Morgan fingerprint density at radius 3 is 2.61 bits per heavy atom. The van der Waals surface area contributed by atoms with Crippen molar-refractivity contribution in [1.82, 2.24) is 5.32 Å². The SMILES string of the molecule is CCCC(C)(O)CNCCCCCC(=O)OCC. The summed E-state index contributed by atoms with van der Waals surface area (Å²) in [4.78, 5) is 11.1. The second-order valence-electron chi connectivity index (χ2n) is 5.04. The van der Waals surface area contributed by atoms with Gasteiger partial charge in [-0.15, -0.1) is 0 Å². The number of carbonyl (C=O) groups excluding carboxylic acids is 1. The molecule has 0 spiro atoms. The van der Waals surface area contributed by atoms with Crippen molar-refractivity contribution in [1.29, 1.82) is 0 Å². The Labute approximate surface area is 111 Å². The molecule has 0 aliphatic heterocycles. The van der Waals surface area contributed by atoms with Crippen LogP contribution in [0.5, 0.6) is 0 Å². The first-order chi connectivity index (χ1) is 8.52. The van der Waals surface area contributed by atoms with Crippen molar-refractivity contribution < 1.29 is 14.6 Å². The number of aliphatic hydroxyl groups is 1. The number of hydrogen-bond acceptors (Lipinski definition) is 4. The third kappa shape index (κ3) is 10.5. The van der Waals surface area contributed by atoms with Crippen molar-refractivity contribution >= 4 is 5.97 Å². The lowest BCUT2D eigenvalue weighted by Gasteiger charge is -2.22. The first kappa shape index (κ1) is 17.4. The minimum atomic E-state index is -0.598. The summed E-state index contributed by atoms with van der Waals surface area (Å²) in [5, 5.41) is 13.2. The highest BCUT2D eigenvalue weighted by molar-refractivity contribution is 5.69. The largest absolute Gasteiger partial charge is 0.466 e. The maximum absolute atomic E-state index is 11.1. The molecule has 0 amide bonds. The molecule has 0 rings (SSSR count). The molecule has 0 saturated heterocycles. The highest BCUT2D eigenvalue weighted by Crippen LogP contribution is 2.10. The van der Waals surface area contributed by atoms with Crippen molar-refractivity contribution in [2.45, 2.75) is 64.9 Å². The molecule has 18 heavy (non-hydrogen) atoms. The second kappa shape index (κ2) is 10.3. The predicted octanol–water partition coefficient (Wildman–Crippen LogP) is 2.25. The van der Waals surface area contributed by atoms with Gasteiger partial charge in [-0.3, -0.25) is 4.79 Å². The minimum Gasteiger partial charge on any atom is -0.466 e. The van der Waals surface area contributed by atoms with Crippen LogP contribution in [-0.4, -0.2) is 36.4 Å². The van der Waals surface area contributed by atoms with Crippen molar-refractivity contribution in [3.63, 3.8) is 0 Å². The van der Waals surface area contributed by atoms with Crippen LogP contribution in [0.15, 0.2) is 0 Å². The van der Waals surface area contributed by atoms with Crippen LogP contribution < -0.4 is 5.32 Å². The normalized spacial score (nSPS) is 14.2. The minimum absolute atomic E-state index is 0.101. The number of esters is 1. The molecule has 4 nitrogen and oxygen atoms in total. The summed E-state index contributed by atoms with van der Waals surface area (Å²) >= 11 is 0. The van der Waals surface area contributed by atoms with Gasteiger partial charge in [0.1, 0.15) is 0 Å². The van der Waals surface area contributed by atoms with E-state index >= 15 is 0 Å². The highest BCUT2D eigenvalue weighted by atomic mass is 16.5. The van der Waals surface area contributed by atoms with Crippen LogP contribution in [0.3, 0.4) is 0 Å². The number of carbonyl (C=O) groups is 1. The van der Waals surface area contributed by atoms with Gasteiger partial charge in [0.15, 0.2) is 0 Å². The molecule has 2 N–H and O–H groups in total. The molecule has 1 atom stereocenters. The maximum Gasteiger partial charge on any atom is 0.305 e. The monoisotopic (exact) mass is 259 g/mol. The van der Waals surface area contributed by atoms with Crippen molar-refractivity contribution in [2.24, 2.45) is 0 Å². The Hall–Kier alpha value is -0.610. The van der Waals surface area contributed by atoms with Crippen LogP contribution in [0.25, 0.3) is 0 Å². The fourth-order valence-electron chi connectivity index (χ4n) is 1.91. The van der Waals surface area contributed by atoms with Crippen molar-refractivity contribution in [3.8, 4) is 0 Å². The third-order valence-corrected chi connectivity index (χ3v) is 2.83. The van der Waals surface area contributed by atoms with Gasteiger partial charge in [0.05, 0.1) is 12.2 Å². The fraction of sp³-hybridized carbons (Fsp3) is 0.929. The first-order valence-corrected chi connectivity index (χ1v) is 7.10. The fourth-order valence-corrected chi connectivity index (χ4v) is 1.91. The Bertz CT molecular complexity index is 217. The summed E-state index contributed by atoms with van der Waals surface area (Å²) < 4.78 is 4.85. The van der Waals surface area contributed by atoms with E-state index in [1.807, 2.05) is 13.8 Å². The molecule has 0 aliphatic rings. The third-order valence-electron chi connectivity index (χ3n) is 2.83. The molecule has 0 aromatic rings. The average molecular weight is 259 g/mol. The summed E-state index contributed by atoms with van der Waals surface area (Å²) in [6.07, 6.45) is 5.26. The van der Waals surface area contributed by atoms with Crippen LogP contribution in [0.4, 0.5) is 0 Å². The highest BCUT2D eigenvalue weighted by Gasteiger charge is 2.17. The Balaban J connectivity index is 3.33. The van der Waals surface area contributed by atoms with Crippen LogP contribution in [0, 0.1) is 0 Å². The van der Waals surface area contributed by atoms with E-state index in [1.54, 1.807) is 0 Å². The molecular formula is C14H29NO3. The lowest BCUT2D eigenvalue weighted by atomic mass is 10.0. The number of hydrogen-bond donors (Lipinski definition) is 2. The second-order valence-corrected chi connectivity index (χ2v) is 5.04. The first-order valence-electron chi connectivity index (χ1n) is 7.10. The van der Waals surface area contributed by atoms with E-state index in [9.17, 15) is 9.90 Å². The molecule has 0 heterocycles. The van der Waals surface area contributed by atoms with Crippen LogP contribution in [0.2, 0.25) is 0 Å². The van der Waals surface area contributed by atoms with E-state index in [1.165, 1.54) is 0 Å². The summed E-state index contributed by atoms with van der Waals surface area (Å²) in [7, 11) is 0. The summed E-state index contributed by atoms with van der Waals surface area (Å²) in [5.74, 6) is -0.101. The number of nitrogens with one attached hydrogen (secondary N) is 1. The molecule has 0 saturated carbocycles. The van der Waals surface area contributed by atoms with Crippen molar-refractivity contribution in [3.05, 3.63) is 0 Å². The molecule has 4 heteroatoms. The Morgan fingerprint density at radius 1 is 1.28 bits per heavy atom. The lowest BCUT2D eigenvalue weighted by Crippen LogP contribution is -2.37. The van der Waals surface area contributed by atoms with Gasteiger partial charge in [0, 0.05) is 13.0 Å². The lowest BCUT2D eigenvalue weighted by molar-refractivity contribution is -0.143. The zero-order chi connectivity index (χ0) is 13.9. The predicted molar refractivity (Wildman–Crippen MR) is 73.5 cm³/mol. The molecule has 0 aromatic heterocycles. The molecule has 0 aromatic carbocycles. The van der Waals surface area contributed by atoms with Crippen LogP contribution in [-0.2, 0) is 9.53 Å². The van der Waals surface area contributed by atoms with Gasteiger partial charge >= 0.3 is 5.97 Å². The van der Waals surface area contributed by atoms with Gasteiger partial charge in [-0.25, -0.2) is 0 Å². The van der Waals surface area contributed by atoms with Gasteiger partial charge in [-0.05, 0) is 39.7 Å². The quantitative estimate of drug-likeness (QED) is 0.441. The van der Waals surface area contributed by atoms with Gasteiger partial charge in [-0.1, -0.05) is 19.8 Å². The molecule has 0 bridgehead atoms. The summed E-state index contributed by atoms with van der Waals surface area (Å²) in [6, 6.07) is 0. The van der Waals surface area contributed by atoms with E-state index in [-0.39, 0.29) is 5.97 Å². The van der Waals surface area contributed by atoms with E-state index < -0.39 is 5.60 Å². The summed E-state index contributed by atoms with van der Waals surface area (Å²) in [5.41, 5.74) is -0.598. The van der Waals surface area contributed by atoms with E-state index in [4.69, 9.17) is 4.74 Å². The van der Waals surface area contributed by atoms with Gasteiger partial charge in [0.25, 0.3) is 0 Å². The van der Waals surface area contributed by atoms with E-state index in [2.05, 4.69) is 12.2 Å². The zero-order valence-corrected chi connectivity index (χ0v) is 12.1. The molecule has 0 fully saturated rings. The van der Waals surface area contributed by atoms with Gasteiger partial charge in [0.2, 0.25) is 0 Å². The Kier molecular flexibility index (Phi) is 9.98. The van der Waals surface area contributed by atoms with Crippen molar-refractivity contribution in [2.75, 3.05) is 19.7 Å². The molecule has 108 valence electrons. The number of ether oxygens (including phenoxy) is 1. The van der Waals surface area contributed by atoms with Crippen LogP contribution in [0.1, 0.15) is 59.3 Å². The van der Waals surface area contributed by atoms with Gasteiger partial charge < -0.3 is 15.2 Å². The standard InChI is InChI=1S/C14H29NO3/c1-4-10-14(3,17)12-15-11-8-6-7-9-13(16)18-5-2/h15,17H,4-12H2,1-3H3. The zero-order valence-electron chi connectivity index (χ0n) is 12.1. The number of unbranched alkanes of at least 4 members (excludes halogenated alkanes) is 2. The molecule has 1 unspecified atom stereocenters. The molecular weight excluding hydrogens is 230 g/mol. The smallest absolute Gasteiger partial charge is 0.305 e. The average Bonchev–Trinajstić information content (AvgIpc) is 2.28. The molecule has 0 radical (unpaired) electrons. The summed E-state index contributed by atoms with van der Waals surface area (Å²) in [6.45, 7) is 7.76. The van der Waals surface area contributed by atoms with Crippen LogP contribution >= 0.6 is 0 Å². The topological polar surface area (TPSA) is 58.6 Å². The van der Waals surface area contributed by atoms with E-state index in [0.717, 1.165) is 38.6 Å².